The van der Waals surface area contributed by atoms with Crippen molar-refractivity contribution < 1.29 is 9.53 Å². The molecule has 0 aliphatic carbocycles. The van der Waals surface area contributed by atoms with Gasteiger partial charge >= 0.3 is 0 Å². The number of hydrogen-bond acceptors (Lipinski definition) is 4. The van der Waals surface area contributed by atoms with Crippen LogP contribution in [0.1, 0.15) is 12.7 Å². The lowest BCUT2D eigenvalue weighted by Crippen LogP contribution is -2.37. The van der Waals surface area contributed by atoms with E-state index in [2.05, 4.69) is 15.5 Å². The van der Waals surface area contributed by atoms with Crippen molar-refractivity contribution in [3.63, 3.8) is 0 Å². The van der Waals surface area contributed by atoms with E-state index >= 15 is 0 Å². The Hall–Kier alpha value is -2.08. The van der Waals surface area contributed by atoms with Crippen molar-refractivity contribution in [1.29, 1.82) is 0 Å². The second-order valence-corrected chi connectivity index (χ2v) is 5.05. The van der Waals surface area contributed by atoms with Gasteiger partial charge in [-0.15, -0.1) is 10.2 Å². The summed E-state index contributed by atoms with van der Waals surface area (Å²) in [5.74, 6) is 1.20. The number of carbonyl (C=O) groups is 1. The second-order valence-electron chi connectivity index (χ2n) is 4.62. The van der Waals surface area contributed by atoms with Gasteiger partial charge in [0.2, 0.25) is 0 Å². The van der Waals surface area contributed by atoms with Gasteiger partial charge in [0, 0.05) is 25.0 Å². The summed E-state index contributed by atoms with van der Waals surface area (Å²) in [5.41, 5.74) is 0. The molecule has 1 atom stereocenters. The van der Waals surface area contributed by atoms with Crippen LogP contribution in [0.25, 0.3) is 0 Å². The molecule has 0 fully saturated rings. The lowest BCUT2D eigenvalue weighted by molar-refractivity contribution is -0.127. The highest BCUT2D eigenvalue weighted by Gasteiger charge is 2.14. The maximum Gasteiger partial charge on any atom is 0.260 e. The Morgan fingerprint density at radius 1 is 1.52 bits per heavy atom. The van der Waals surface area contributed by atoms with E-state index in [0.29, 0.717) is 23.7 Å². The number of amides is 1. The van der Waals surface area contributed by atoms with Gasteiger partial charge in [0.15, 0.2) is 6.10 Å². The Labute approximate surface area is 128 Å². The van der Waals surface area contributed by atoms with Crippen molar-refractivity contribution in [1.82, 2.24) is 20.1 Å². The van der Waals surface area contributed by atoms with Crippen LogP contribution in [0.5, 0.6) is 5.75 Å². The molecule has 0 saturated carbocycles. The van der Waals surface area contributed by atoms with Crippen molar-refractivity contribution in [2.45, 2.75) is 19.4 Å². The first-order valence-corrected chi connectivity index (χ1v) is 6.97. The molecule has 6 nitrogen and oxygen atoms in total. The number of hydrogen-bond donors (Lipinski definition) is 1. The molecule has 0 aliphatic rings. The van der Waals surface area contributed by atoms with Crippen LogP contribution < -0.4 is 10.1 Å². The Bertz CT molecular complexity index is 615. The van der Waals surface area contributed by atoms with E-state index in [1.807, 2.05) is 11.6 Å². The molecule has 2 rings (SSSR count). The van der Waals surface area contributed by atoms with E-state index in [4.69, 9.17) is 16.3 Å². The largest absolute Gasteiger partial charge is 0.481 e. The van der Waals surface area contributed by atoms with Crippen molar-refractivity contribution in [2.75, 3.05) is 6.54 Å². The molecule has 0 unspecified atom stereocenters. The number of nitrogens with zero attached hydrogens (tertiary/aromatic N) is 3. The molecule has 21 heavy (non-hydrogen) atoms. The topological polar surface area (TPSA) is 69.0 Å². The molecule has 0 aliphatic heterocycles. The normalized spacial score (nSPS) is 12.0. The lowest BCUT2D eigenvalue weighted by Gasteiger charge is -2.14. The summed E-state index contributed by atoms with van der Waals surface area (Å²) in [4.78, 5) is 11.9. The van der Waals surface area contributed by atoms with Gasteiger partial charge in [0.1, 0.15) is 17.9 Å². The van der Waals surface area contributed by atoms with Crippen LogP contribution in [0, 0.1) is 0 Å². The standard InChI is InChI=1S/C14H17ClN4O2/c1-10(21-12-5-3-4-11(15)8-12)14(20)16-7-6-13-18-17-9-19(13)2/h3-5,8-10H,6-7H2,1-2H3,(H,16,20)/t10-/m0/s1. The zero-order valence-corrected chi connectivity index (χ0v) is 12.7. The first-order chi connectivity index (χ1) is 10.1. The average Bonchev–Trinajstić information content (AvgIpc) is 2.84. The van der Waals surface area contributed by atoms with E-state index in [1.54, 1.807) is 37.5 Å². The molecule has 1 heterocycles. The molecular weight excluding hydrogens is 292 g/mol. The van der Waals surface area contributed by atoms with Gasteiger partial charge in [-0.05, 0) is 25.1 Å². The highest BCUT2D eigenvalue weighted by molar-refractivity contribution is 6.30. The SMILES string of the molecule is C[C@H](Oc1cccc(Cl)c1)C(=O)NCCc1nncn1C. The van der Waals surface area contributed by atoms with E-state index in [9.17, 15) is 4.79 Å². The van der Waals surface area contributed by atoms with Crippen molar-refractivity contribution >= 4 is 17.5 Å². The van der Waals surface area contributed by atoms with Crippen LogP contribution in [-0.4, -0.2) is 33.3 Å². The number of carbonyl (C=O) groups excluding carboxylic acids is 1. The maximum absolute atomic E-state index is 11.9. The molecule has 112 valence electrons. The average molecular weight is 309 g/mol. The minimum atomic E-state index is -0.594. The number of rotatable bonds is 6. The number of aryl methyl sites for hydroxylation is 1. The summed E-state index contributed by atoms with van der Waals surface area (Å²) >= 11 is 5.87. The van der Waals surface area contributed by atoms with Gasteiger partial charge in [-0.3, -0.25) is 4.79 Å². The predicted molar refractivity (Wildman–Crippen MR) is 79.3 cm³/mol. The Kier molecular flexibility index (Phi) is 5.16. The first kappa shape index (κ1) is 15.3. The van der Waals surface area contributed by atoms with Gasteiger partial charge in [0.05, 0.1) is 0 Å². The smallest absolute Gasteiger partial charge is 0.260 e. The molecule has 1 aromatic carbocycles. The number of nitrogens with one attached hydrogen (secondary N) is 1. The third-order valence-corrected chi connectivity index (χ3v) is 3.17. The van der Waals surface area contributed by atoms with Crippen LogP contribution in [0.4, 0.5) is 0 Å². The summed E-state index contributed by atoms with van der Waals surface area (Å²) in [6, 6.07) is 6.95. The summed E-state index contributed by atoms with van der Waals surface area (Å²) in [6.07, 6.45) is 1.65. The van der Waals surface area contributed by atoms with Gasteiger partial charge in [0.25, 0.3) is 5.91 Å². The maximum atomic E-state index is 11.9. The van der Waals surface area contributed by atoms with E-state index in [-0.39, 0.29) is 5.91 Å². The quantitative estimate of drug-likeness (QED) is 0.880. The van der Waals surface area contributed by atoms with Crippen molar-refractivity contribution in [3.05, 3.63) is 41.4 Å². The number of benzene rings is 1. The number of aromatic nitrogens is 3. The number of halogens is 1. The molecule has 0 radical (unpaired) electrons. The van der Waals surface area contributed by atoms with Crippen LogP contribution in [0.3, 0.4) is 0 Å². The van der Waals surface area contributed by atoms with Gasteiger partial charge < -0.3 is 14.6 Å². The fourth-order valence-electron chi connectivity index (χ4n) is 1.77. The molecule has 0 spiro atoms. The second kappa shape index (κ2) is 7.08. The van der Waals surface area contributed by atoms with Crippen molar-refractivity contribution in [2.24, 2.45) is 7.05 Å². The van der Waals surface area contributed by atoms with Gasteiger partial charge in [-0.1, -0.05) is 17.7 Å². The highest BCUT2D eigenvalue weighted by atomic mass is 35.5. The molecule has 1 aromatic heterocycles. The molecule has 7 heteroatoms. The van der Waals surface area contributed by atoms with E-state index in [0.717, 1.165) is 5.82 Å². The summed E-state index contributed by atoms with van der Waals surface area (Å²) < 4.78 is 7.36. The summed E-state index contributed by atoms with van der Waals surface area (Å²) in [5, 5.41) is 11.1. The molecular formula is C14H17ClN4O2. The monoisotopic (exact) mass is 308 g/mol. The van der Waals surface area contributed by atoms with Crippen LogP contribution in [-0.2, 0) is 18.3 Å². The first-order valence-electron chi connectivity index (χ1n) is 6.59. The third kappa shape index (κ3) is 4.46. The van der Waals surface area contributed by atoms with Crippen molar-refractivity contribution in [3.8, 4) is 5.75 Å². The minimum absolute atomic E-state index is 0.183. The van der Waals surface area contributed by atoms with E-state index in [1.165, 1.54) is 0 Å². The van der Waals surface area contributed by atoms with E-state index < -0.39 is 6.10 Å². The molecule has 0 saturated heterocycles. The lowest BCUT2D eigenvalue weighted by atomic mass is 10.3. The Balaban J connectivity index is 1.79. The van der Waals surface area contributed by atoms with Crippen LogP contribution in [0.2, 0.25) is 5.02 Å². The van der Waals surface area contributed by atoms with Crippen LogP contribution >= 0.6 is 11.6 Å². The summed E-state index contributed by atoms with van der Waals surface area (Å²) in [7, 11) is 1.86. The molecule has 1 amide bonds. The minimum Gasteiger partial charge on any atom is -0.481 e. The fourth-order valence-corrected chi connectivity index (χ4v) is 1.95. The fraction of sp³-hybridized carbons (Fsp3) is 0.357. The number of ether oxygens (including phenoxy) is 1. The highest BCUT2D eigenvalue weighted by Crippen LogP contribution is 2.18. The molecule has 2 aromatic rings. The van der Waals surface area contributed by atoms with Crippen LogP contribution in [0.15, 0.2) is 30.6 Å². The third-order valence-electron chi connectivity index (χ3n) is 2.93. The Morgan fingerprint density at radius 3 is 3.00 bits per heavy atom. The summed E-state index contributed by atoms with van der Waals surface area (Å²) in [6.45, 7) is 2.17. The van der Waals surface area contributed by atoms with Gasteiger partial charge in [-0.2, -0.15) is 0 Å². The zero-order valence-electron chi connectivity index (χ0n) is 11.9. The predicted octanol–water partition coefficient (Wildman–Crippen LogP) is 1.59. The Morgan fingerprint density at radius 2 is 2.33 bits per heavy atom. The van der Waals surface area contributed by atoms with Gasteiger partial charge in [-0.25, -0.2) is 0 Å². The zero-order chi connectivity index (χ0) is 15.2. The molecule has 1 N–H and O–H groups in total. The molecule has 0 bridgehead atoms.